The van der Waals surface area contributed by atoms with E-state index in [1.807, 2.05) is 20.2 Å². The van der Waals surface area contributed by atoms with Crippen molar-refractivity contribution < 1.29 is 0 Å². The van der Waals surface area contributed by atoms with Crippen molar-refractivity contribution in [2.75, 3.05) is 14.1 Å². The summed E-state index contributed by atoms with van der Waals surface area (Å²) in [5.41, 5.74) is 3.75. The zero-order valence-corrected chi connectivity index (χ0v) is 10.3. The lowest BCUT2D eigenvalue weighted by atomic mass is 10.0. The zero-order chi connectivity index (χ0) is 12.1. The van der Waals surface area contributed by atoms with Gasteiger partial charge < -0.3 is 10.6 Å². The summed E-state index contributed by atoms with van der Waals surface area (Å²) in [6, 6.07) is 19.0. The molecule has 0 saturated carbocycles. The lowest BCUT2D eigenvalue weighted by Gasteiger charge is -2.15. The topological polar surface area (TPSA) is 24.1 Å². The monoisotopic (exact) mass is 226 g/mol. The summed E-state index contributed by atoms with van der Waals surface area (Å²) in [6.07, 6.45) is 0.208. The molecule has 0 saturated heterocycles. The highest BCUT2D eigenvalue weighted by molar-refractivity contribution is 5.63. The van der Waals surface area contributed by atoms with E-state index < -0.39 is 0 Å². The molecule has 0 spiro atoms. The van der Waals surface area contributed by atoms with Crippen molar-refractivity contribution >= 4 is 0 Å². The Morgan fingerprint density at radius 2 is 1.24 bits per heavy atom. The van der Waals surface area contributed by atoms with Gasteiger partial charge in [-0.25, -0.2) is 0 Å². The molecule has 0 atom stereocenters. The fourth-order valence-electron chi connectivity index (χ4n) is 1.98. The maximum Gasteiger partial charge on any atom is 0.0830 e. The van der Waals surface area contributed by atoms with Crippen molar-refractivity contribution in [2.45, 2.75) is 6.17 Å². The van der Waals surface area contributed by atoms with Gasteiger partial charge in [0, 0.05) is 0 Å². The second-order valence-corrected chi connectivity index (χ2v) is 4.00. The van der Waals surface area contributed by atoms with Crippen molar-refractivity contribution in [1.82, 2.24) is 10.6 Å². The third-order valence-corrected chi connectivity index (χ3v) is 2.93. The Morgan fingerprint density at radius 1 is 0.706 bits per heavy atom. The maximum atomic E-state index is 3.22. The molecule has 0 aliphatic heterocycles. The Hall–Kier alpha value is -1.64. The number of rotatable bonds is 4. The number of nitrogens with one attached hydrogen (secondary N) is 2. The summed E-state index contributed by atoms with van der Waals surface area (Å²) in [6.45, 7) is 0. The molecular weight excluding hydrogens is 208 g/mol. The average Bonchev–Trinajstić information content (AvgIpc) is 2.42. The van der Waals surface area contributed by atoms with Crippen LogP contribution in [0.25, 0.3) is 11.1 Å². The first-order valence-corrected chi connectivity index (χ1v) is 5.85. The van der Waals surface area contributed by atoms with Crippen LogP contribution in [0.4, 0.5) is 0 Å². The van der Waals surface area contributed by atoms with Crippen LogP contribution in [0.5, 0.6) is 0 Å². The first-order valence-electron chi connectivity index (χ1n) is 5.85. The van der Waals surface area contributed by atoms with E-state index in [9.17, 15) is 0 Å². The summed E-state index contributed by atoms with van der Waals surface area (Å²) in [5.74, 6) is 0. The average molecular weight is 226 g/mol. The fourth-order valence-corrected chi connectivity index (χ4v) is 1.98. The summed E-state index contributed by atoms with van der Waals surface area (Å²) >= 11 is 0. The van der Waals surface area contributed by atoms with Crippen molar-refractivity contribution in [1.29, 1.82) is 0 Å². The molecule has 0 amide bonds. The van der Waals surface area contributed by atoms with E-state index in [1.165, 1.54) is 16.7 Å². The Labute approximate surface area is 103 Å². The van der Waals surface area contributed by atoms with Crippen molar-refractivity contribution in [2.24, 2.45) is 0 Å². The van der Waals surface area contributed by atoms with Gasteiger partial charge in [-0.15, -0.1) is 0 Å². The molecule has 0 fully saturated rings. The lowest BCUT2D eigenvalue weighted by Crippen LogP contribution is -2.28. The minimum absolute atomic E-state index is 0.208. The Kier molecular flexibility index (Phi) is 3.91. The highest BCUT2D eigenvalue weighted by atomic mass is 15.1. The van der Waals surface area contributed by atoms with Crippen LogP contribution in [0, 0.1) is 0 Å². The molecule has 2 rings (SSSR count). The van der Waals surface area contributed by atoms with Gasteiger partial charge in [0.2, 0.25) is 0 Å². The van der Waals surface area contributed by atoms with E-state index in [-0.39, 0.29) is 6.17 Å². The molecule has 2 aromatic carbocycles. The van der Waals surface area contributed by atoms with E-state index in [4.69, 9.17) is 0 Å². The summed E-state index contributed by atoms with van der Waals surface area (Å²) in [5, 5.41) is 6.43. The van der Waals surface area contributed by atoms with Crippen LogP contribution in [0.1, 0.15) is 11.7 Å². The van der Waals surface area contributed by atoms with Gasteiger partial charge >= 0.3 is 0 Å². The van der Waals surface area contributed by atoms with E-state index in [2.05, 4.69) is 59.2 Å². The normalized spacial score (nSPS) is 10.8. The van der Waals surface area contributed by atoms with Crippen LogP contribution in [0.3, 0.4) is 0 Å². The van der Waals surface area contributed by atoms with Gasteiger partial charge in [-0.3, -0.25) is 0 Å². The number of hydrogen-bond donors (Lipinski definition) is 2. The van der Waals surface area contributed by atoms with E-state index in [1.54, 1.807) is 0 Å². The minimum atomic E-state index is 0.208. The van der Waals surface area contributed by atoms with E-state index in [0.29, 0.717) is 0 Å². The SMILES string of the molecule is CNC(NC)c1ccc(-c2ccccc2)cc1. The second kappa shape index (κ2) is 5.62. The van der Waals surface area contributed by atoms with Gasteiger partial charge in [0.05, 0.1) is 6.17 Å². The standard InChI is InChI=1S/C15H18N2/c1-16-15(17-2)14-10-8-13(9-11-14)12-6-4-3-5-7-12/h3-11,15-17H,1-2H3. The molecule has 0 bridgehead atoms. The van der Waals surface area contributed by atoms with Crippen LogP contribution in [0.15, 0.2) is 54.6 Å². The van der Waals surface area contributed by atoms with Crippen molar-refractivity contribution in [3.8, 4) is 11.1 Å². The third kappa shape index (κ3) is 2.73. The molecule has 17 heavy (non-hydrogen) atoms. The molecule has 2 nitrogen and oxygen atoms in total. The summed E-state index contributed by atoms with van der Waals surface area (Å²) < 4.78 is 0. The second-order valence-electron chi connectivity index (χ2n) is 4.00. The van der Waals surface area contributed by atoms with E-state index in [0.717, 1.165) is 0 Å². The molecular formula is C15H18N2. The zero-order valence-electron chi connectivity index (χ0n) is 10.3. The first kappa shape index (κ1) is 11.8. The minimum Gasteiger partial charge on any atom is -0.301 e. The van der Waals surface area contributed by atoms with Crippen LogP contribution >= 0.6 is 0 Å². The quantitative estimate of drug-likeness (QED) is 0.783. The van der Waals surface area contributed by atoms with Gasteiger partial charge in [-0.1, -0.05) is 54.6 Å². The van der Waals surface area contributed by atoms with Gasteiger partial charge in [0.15, 0.2) is 0 Å². The molecule has 2 aromatic rings. The molecule has 0 aliphatic carbocycles. The van der Waals surface area contributed by atoms with Crippen LogP contribution < -0.4 is 10.6 Å². The van der Waals surface area contributed by atoms with Crippen LogP contribution in [-0.2, 0) is 0 Å². The highest BCUT2D eigenvalue weighted by Crippen LogP contribution is 2.20. The number of benzene rings is 2. The van der Waals surface area contributed by atoms with Crippen LogP contribution in [0.2, 0.25) is 0 Å². The van der Waals surface area contributed by atoms with Crippen molar-refractivity contribution in [3.05, 3.63) is 60.2 Å². The Morgan fingerprint density at radius 3 is 1.76 bits per heavy atom. The van der Waals surface area contributed by atoms with Crippen LogP contribution in [-0.4, -0.2) is 14.1 Å². The Bertz CT molecular complexity index is 444. The fraction of sp³-hybridized carbons (Fsp3) is 0.200. The molecule has 0 unspecified atom stereocenters. The molecule has 2 heteroatoms. The molecule has 2 N–H and O–H groups in total. The maximum absolute atomic E-state index is 3.22. The Balaban J connectivity index is 2.24. The predicted molar refractivity (Wildman–Crippen MR) is 72.7 cm³/mol. The summed E-state index contributed by atoms with van der Waals surface area (Å²) in [4.78, 5) is 0. The first-order chi connectivity index (χ1) is 8.35. The number of hydrogen-bond acceptors (Lipinski definition) is 2. The third-order valence-electron chi connectivity index (χ3n) is 2.93. The van der Waals surface area contributed by atoms with Gasteiger partial charge in [-0.2, -0.15) is 0 Å². The van der Waals surface area contributed by atoms with E-state index >= 15 is 0 Å². The predicted octanol–water partition coefficient (Wildman–Crippen LogP) is 2.79. The van der Waals surface area contributed by atoms with Crippen molar-refractivity contribution in [3.63, 3.8) is 0 Å². The highest BCUT2D eigenvalue weighted by Gasteiger charge is 2.05. The van der Waals surface area contributed by atoms with Gasteiger partial charge in [0.25, 0.3) is 0 Å². The van der Waals surface area contributed by atoms with Gasteiger partial charge in [-0.05, 0) is 30.8 Å². The molecule has 0 aromatic heterocycles. The molecule has 88 valence electrons. The van der Waals surface area contributed by atoms with Gasteiger partial charge in [0.1, 0.15) is 0 Å². The molecule has 0 radical (unpaired) electrons. The largest absolute Gasteiger partial charge is 0.301 e. The smallest absolute Gasteiger partial charge is 0.0830 e. The molecule has 0 heterocycles. The molecule has 0 aliphatic rings. The lowest BCUT2D eigenvalue weighted by molar-refractivity contribution is 0.520. The summed E-state index contributed by atoms with van der Waals surface area (Å²) in [7, 11) is 3.90.